The second-order valence-corrected chi connectivity index (χ2v) is 4.01. The number of carbonyl (C=O) groups is 1. The summed E-state index contributed by atoms with van der Waals surface area (Å²) >= 11 is 0. The Morgan fingerprint density at radius 1 is 1.20 bits per heavy atom. The lowest BCUT2D eigenvalue weighted by atomic mass is 10.2. The standard InChI is InChI=1S/C13H11F3N2O2/c1-8-9(6-7-20-8)12(19)18-17-11-5-3-2-4-10(11)13(14,15)16/h2-7,17H,1H3,(H,18,19). The Labute approximate surface area is 112 Å². The molecule has 0 unspecified atom stereocenters. The van der Waals surface area contributed by atoms with Crippen molar-refractivity contribution in [2.75, 3.05) is 5.43 Å². The zero-order chi connectivity index (χ0) is 14.8. The first-order valence-electron chi connectivity index (χ1n) is 5.66. The third kappa shape index (κ3) is 2.93. The maximum atomic E-state index is 12.7. The third-order valence-corrected chi connectivity index (χ3v) is 2.65. The molecule has 7 heteroatoms. The molecule has 0 saturated carbocycles. The molecule has 1 aromatic heterocycles. The summed E-state index contributed by atoms with van der Waals surface area (Å²) in [5.41, 5.74) is 3.65. The van der Waals surface area contributed by atoms with Crippen LogP contribution in [-0.2, 0) is 6.18 Å². The summed E-state index contributed by atoms with van der Waals surface area (Å²) in [4.78, 5) is 11.7. The average Bonchev–Trinajstić information content (AvgIpc) is 2.81. The van der Waals surface area contributed by atoms with E-state index in [2.05, 4.69) is 10.9 Å². The van der Waals surface area contributed by atoms with Gasteiger partial charge in [0, 0.05) is 0 Å². The molecule has 106 valence electrons. The van der Waals surface area contributed by atoms with E-state index < -0.39 is 17.6 Å². The lowest BCUT2D eigenvalue weighted by Gasteiger charge is -2.14. The minimum absolute atomic E-state index is 0.227. The number of anilines is 1. The summed E-state index contributed by atoms with van der Waals surface area (Å²) in [7, 11) is 0. The van der Waals surface area contributed by atoms with E-state index in [0.717, 1.165) is 6.07 Å². The molecule has 2 N–H and O–H groups in total. The van der Waals surface area contributed by atoms with Gasteiger partial charge >= 0.3 is 6.18 Å². The SMILES string of the molecule is Cc1occc1C(=O)NNc1ccccc1C(F)(F)F. The number of alkyl halides is 3. The number of furan rings is 1. The van der Waals surface area contributed by atoms with Gasteiger partial charge in [-0.2, -0.15) is 13.2 Å². The quantitative estimate of drug-likeness (QED) is 0.850. The molecule has 0 atom stereocenters. The Morgan fingerprint density at radius 2 is 1.90 bits per heavy atom. The summed E-state index contributed by atoms with van der Waals surface area (Å²) < 4.78 is 43.2. The predicted molar refractivity (Wildman–Crippen MR) is 66.0 cm³/mol. The molecule has 0 aliphatic carbocycles. The monoisotopic (exact) mass is 284 g/mol. The van der Waals surface area contributed by atoms with Gasteiger partial charge < -0.3 is 4.42 Å². The molecule has 0 aliphatic rings. The van der Waals surface area contributed by atoms with Crippen LogP contribution in [0.4, 0.5) is 18.9 Å². The highest BCUT2D eigenvalue weighted by Crippen LogP contribution is 2.34. The van der Waals surface area contributed by atoms with Gasteiger partial charge in [0.05, 0.1) is 23.1 Å². The van der Waals surface area contributed by atoms with Crippen LogP contribution in [-0.4, -0.2) is 5.91 Å². The fourth-order valence-corrected chi connectivity index (χ4v) is 1.65. The average molecular weight is 284 g/mol. The number of hydrazine groups is 1. The van der Waals surface area contributed by atoms with Crippen LogP contribution in [0.3, 0.4) is 0 Å². The number of aryl methyl sites for hydroxylation is 1. The van der Waals surface area contributed by atoms with Gasteiger partial charge in [0.1, 0.15) is 5.76 Å². The van der Waals surface area contributed by atoms with Crippen LogP contribution < -0.4 is 10.9 Å². The van der Waals surface area contributed by atoms with Crippen LogP contribution in [0.5, 0.6) is 0 Å². The van der Waals surface area contributed by atoms with Gasteiger partial charge in [-0.3, -0.25) is 15.6 Å². The van der Waals surface area contributed by atoms with Crippen LogP contribution in [0.15, 0.2) is 41.0 Å². The third-order valence-electron chi connectivity index (χ3n) is 2.65. The number of rotatable bonds is 3. The Kier molecular flexibility index (Phi) is 3.69. The maximum Gasteiger partial charge on any atom is 0.418 e. The number of nitrogens with one attached hydrogen (secondary N) is 2. The summed E-state index contributed by atoms with van der Waals surface area (Å²) in [6, 6.07) is 6.30. The number of para-hydroxylation sites is 1. The number of benzene rings is 1. The van der Waals surface area contributed by atoms with Crippen molar-refractivity contribution in [3.8, 4) is 0 Å². The molecule has 0 fully saturated rings. The number of halogens is 3. The molecule has 0 radical (unpaired) electrons. The fraction of sp³-hybridized carbons (Fsp3) is 0.154. The van der Waals surface area contributed by atoms with Crippen molar-refractivity contribution >= 4 is 11.6 Å². The number of carbonyl (C=O) groups excluding carboxylic acids is 1. The van der Waals surface area contributed by atoms with Gasteiger partial charge in [-0.25, -0.2) is 0 Å². The minimum atomic E-state index is -4.50. The van der Waals surface area contributed by atoms with Crippen molar-refractivity contribution < 1.29 is 22.4 Å². The Balaban J connectivity index is 2.12. The van der Waals surface area contributed by atoms with Crippen LogP contribution in [0.1, 0.15) is 21.7 Å². The van der Waals surface area contributed by atoms with Crippen molar-refractivity contribution in [3.05, 3.63) is 53.5 Å². The van der Waals surface area contributed by atoms with Gasteiger partial charge in [0.15, 0.2) is 0 Å². The van der Waals surface area contributed by atoms with E-state index in [1.54, 1.807) is 6.92 Å². The molecular formula is C13H11F3N2O2. The van der Waals surface area contributed by atoms with Gasteiger partial charge in [-0.1, -0.05) is 12.1 Å². The summed E-state index contributed by atoms with van der Waals surface area (Å²) in [6.07, 6.45) is -3.17. The summed E-state index contributed by atoms with van der Waals surface area (Å²) in [5.74, 6) is -0.193. The topological polar surface area (TPSA) is 54.3 Å². The van der Waals surface area contributed by atoms with E-state index >= 15 is 0 Å². The normalized spacial score (nSPS) is 11.2. The molecule has 0 spiro atoms. The smallest absolute Gasteiger partial charge is 0.418 e. The molecule has 4 nitrogen and oxygen atoms in total. The van der Waals surface area contributed by atoms with Crippen LogP contribution in [0, 0.1) is 6.92 Å². The van der Waals surface area contributed by atoms with E-state index in [4.69, 9.17) is 4.42 Å². The Hall–Kier alpha value is -2.44. The van der Waals surface area contributed by atoms with Crippen LogP contribution in [0.25, 0.3) is 0 Å². The lowest BCUT2D eigenvalue weighted by Crippen LogP contribution is -2.30. The van der Waals surface area contributed by atoms with Crippen LogP contribution in [0.2, 0.25) is 0 Å². The van der Waals surface area contributed by atoms with Crippen molar-refractivity contribution in [2.24, 2.45) is 0 Å². The van der Waals surface area contributed by atoms with Gasteiger partial charge in [-0.15, -0.1) is 0 Å². The molecule has 1 aromatic carbocycles. The molecule has 1 amide bonds. The number of hydrogen-bond donors (Lipinski definition) is 2. The first-order chi connectivity index (χ1) is 9.39. The molecule has 20 heavy (non-hydrogen) atoms. The van der Waals surface area contributed by atoms with Crippen molar-refractivity contribution in [1.29, 1.82) is 0 Å². The maximum absolute atomic E-state index is 12.7. The van der Waals surface area contributed by atoms with Crippen molar-refractivity contribution in [3.63, 3.8) is 0 Å². The number of hydrogen-bond acceptors (Lipinski definition) is 3. The zero-order valence-corrected chi connectivity index (χ0v) is 10.4. The lowest BCUT2D eigenvalue weighted by molar-refractivity contribution is -0.137. The van der Waals surface area contributed by atoms with Crippen LogP contribution >= 0.6 is 0 Å². The Morgan fingerprint density at radius 3 is 2.50 bits per heavy atom. The summed E-state index contributed by atoms with van der Waals surface area (Å²) in [5, 5.41) is 0. The van der Waals surface area contributed by atoms with E-state index in [0.29, 0.717) is 5.76 Å². The molecule has 0 bridgehead atoms. The highest BCUT2D eigenvalue weighted by atomic mass is 19.4. The van der Waals surface area contributed by atoms with E-state index in [-0.39, 0.29) is 11.3 Å². The Bertz CT molecular complexity index is 620. The predicted octanol–water partition coefficient (Wildman–Crippen LogP) is 3.36. The molecule has 2 aromatic rings. The highest BCUT2D eigenvalue weighted by Gasteiger charge is 2.33. The molecule has 2 rings (SSSR count). The van der Waals surface area contributed by atoms with Gasteiger partial charge in [0.25, 0.3) is 5.91 Å². The zero-order valence-electron chi connectivity index (χ0n) is 10.4. The molecule has 0 aliphatic heterocycles. The fourth-order valence-electron chi connectivity index (χ4n) is 1.65. The highest BCUT2D eigenvalue weighted by molar-refractivity contribution is 5.95. The van der Waals surface area contributed by atoms with Gasteiger partial charge in [0.2, 0.25) is 0 Å². The second kappa shape index (κ2) is 5.28. The van der Waals surface area contributed by atoms with Gasteiger partial charge in [-0.05, 0) is 25.1 Å². The van der Waals surface area contributed by atoms with E-state index in [9.17, 15) is 18.0 Å². The first kappa shape index (κ1) is 14.0. The largest absolute Gasteiger partial charge is 0.469 e. The molecule has 1 heterocycles. The van der Waals surface area contributed by atoms with Crippen molar-refractivity contribution in [1.82, 2.24) is 5.43 Å². The van der Waals surface area contributed by atoms with E-state index in [1.807, 2.05) is 0 Å². The molecular weight excluding hydrogens is 273 g/mol. The number of amides is 1. The second-order valence-electron chi connectivity index (χ2n) is 4.01. The first-order valence-corrected chi connectivity index (χ1v) is 5.66. The minimum Gasteiger partial charge on any atom is -0.469 e. The van der Waals surface area contributed by atoms with E-state index in [1.165, 1.54) is 30.5 Å². The molecule has 0 saturated heterocycles. The summed E-state index contributed by atoms with van der Waals surface area (Å²) in [6.45, 7) is 1.58. The van der Waals surface area contributed by atoms with Crippen molar-refractivity contribution in [2.45, 2.75) is 13.1 Å².